The molecule has 1 amide bonds. The van der Waals surface area contributed by atoms with E-state index in [1.54, 1.807) is 0 Å². The topological polar surface area (TPSA) is 64.6 Å². The van der Waals surface area contributed by atoms with Crippen LogP contribution in [-0.4, -0.2) is 31.7 Å². The van der Waals surface area contributed by atoms with Crippen molar-refractivity contribution >= 4 is 29.2 Å². The Hall–Kier alpha value is -1.80. The summed E-state index contributed by atoms with van der Waals surface area (Å²) in [4.78, 5) is 23.5. The van der Waals surface area contributed by atoms with E-state index < -0.39 is 35.9 Å². The predicted molar refractivity (Wildman–Crippen MR) is 79.6 cm³/mol. The second kappa shape index (κ2) is 7.85. The first kappa shape index (κ1) is 18.5. The molecule has 0 aromatic heterocycles. The van der Waals surface area contributed by atoms with Crippen molar-refractivity contribution in [3.8, 4) is 0 Å². The van der Waals surface area contributed by atoms with Gasteiger partial charge in [0.05, 0.1) is 17.2 Å². The number of alkyl halides is 3. The van der Waals surface area contributed by atoms with Crippen LogP contribution in [0.2, 0.25) is 5.02 Å². The predicted octanol–water partition coefficient (Wildman–Crippen LogP) is 3.27. The molecule has 9 heteroatoms. The molecule has 1 N–H and O–H groups in total. The number of rotatable bonds is 4. The number of halogens is 4. The Morgan fingerprint density at radius 2 is 1.96 bits per heavy atom. The van der Waals surface area contributed by atoms with Gasteiger partial charge in [-0.15, -0.1) is 0 Å². The average molecular weight is 366 g/mol. The highest BCUT2D eigenvalue weighted by molar-refractivity contribution is 6.30. The van der Waals surface area contributed by atoms with Gasteiger partial charge in [0, 0.05) is 18.2 Å². The molecule has 1 aromatic rings. The monoisotopic (exact) mass is 365 g/mol. The van der Waals surface area contributed by atoms with Crippen LogP contribution < -0.4 is 5.32 Å². The second-order valence-corrected chi connectivity index (χ2v) is 5.67. The van der Waals surface area contributed by atoms with Crippen molar-refractivity contribution in [1.82, 2.24) is 0 Å². The van der Waals surface area contributed by atoms with Crippen LogP contribution in [0.5, 0.6) is 0 Å². The summed E-state index contributed by atoms with van der Waals surface area (Å²) in [6.07, 6.45) is -3.68. The number of carbonyl (C=O) groups excluding carboxylic acids is 2. The van der Waals surface area contributed by atoms with Gasteiger partial charge in [-0.25, -0.2) is 0 Å². The van der Waals surface area contributed by atoms with E-state index in [4.69, 9.17) is 21.1 Å². The standard InChI is InChI=1S/C15H15ClF3NO4/c16-10-1-2-12(11(7-10)15(17,18)19)20-13(21)8-24-14(22)9-3-5-23-6-4-9/h1-2,7,9H,3-6,8H2,(H,20,21). The SMILES string of the molecule is O=C(COC(=O)C1CCOCC1)Nc1ccc(Cl)cc1C(F)(F)F. The van der Waals surface area contributed by atoms with Gasteiger partial charge >= 0.3 is 12.1 Å². The molecule has 0 saturated carbocycles. The van der Waals surface area contributed by atoms with Crippen LogP contribution in [0.4, 0.5) is 18.9 Å². The molecule has 1 aromatic carbocycles. The van der Waals surface area contributed by atoms with Crippen molar-refractivity contribution in [3.63, 3.8) is 0 Å². The normalized spacial score (nSPS) is 15.8. The summed E-state index contributed by atoms with van der Waals surface area (Å²) in [6.45, 7) is 0.216. The van der Waals surface area contributed by atoms with Crippen molar-refractivity contribution in [2.45, 2.75) is 19.0 Å². The Bertz CT molecular complexity index is 615. The minimum Gasteiger partial charge on any atom is -0.455 e. The Balaban J connectivity index is 1.94. The molecule has 0 atom stereocenters. The van der Waals surface area contributed by atoms with Gasteiger partial charge in [0.15, 0.2) is 6.61 Å². The zero-order valence-electron chi connectivity index (χ0n) is 12.5. The van der Waals surface area contributed by atoms with Gasteiger partial charge in [0.1, 0.15) is 0 Å². The molecule has 24 heavy (non-hydrogen) atoms. The van der Waals surface area contributed by atoms with E-state index >= 15 is 0 Å². The van der Waals surface area contributed by atoms with Crippen LogP contribution in [0, 0.1) is 5.92 Å². The lowest BCUT2D eigenvalue weighted by Crippen LogP contribution is -2.29. The zero-order chi connectivity index (χ0) is 17.7. The van der Waals surface area contributed by atoms with Gasteiger partial charge in [0.2, 0.25) is 0 Å². The highest BCUT2D eigenvalue weighted by Gasteiger charge is 2.34. The van der Waals surface area contributed by atoms with Crippen LogP contribution in [0.1, 0.15) is 18.4 Å². The summed E-state index contributed by atoms with van der Waals surface area (Å²) in [5, 5.41) is 1.98. The number of benzene rings is 1. The lowest BCUT2D eigenvalue weighted by Gasteiger charge is -2.20. The smallest absolute Gasteiger partial charge is 0.418 e. The number of esters is 1. The molecule has 0 spiro atoms. The number of hydrogen-bond donors (Lipinski definition) is 1. The third-order valence-corrected chi connectivity index (χ3v) is 3.70. The molecule has 0 bridgehead atoms. The van der Waals surface area contributed by atoms with E-state index in [2.05, 4.69) is 5.32 Å². The molecule has 1 heterocycles. The summed E-state index contributed by atoms with van der Waals surface area (Å²) < 4.78 is 48.7. The largest absolute Gasteiger partial charge is 0.455 e. The molecule has 0 aliphatic carbocycles. The van der Waals surface area contributed by atoms with E-state index in [0.29, 0.717) is 32.1 Å². The minimum atomic E-state index is -4.67. The van der Waals surface area contributed by atoms with Gasteiger partial charge in [-0.05, 0) is 31.0 Å². The fraction of sp³-hybridized carbons (Fsp3) is 0.467. The maximum Gasteiger partial charge on any atom is 0.418 e. The summed E-state index contributed by atoms with van der Waals surface area (Å²) in [6, 6.07) is 2.98. The number of nitrogens with one attached hydrogen (secondary N) is 1. The van der Waals surface area contributed by atoms with Gasteiger partial charge in [-0.3, -0.25) is 9.59 Å². The van der Waals surface area contributed by atoms with Crippen LogP contribution >= 0.6 is 11.6 Å². The zero-order valence-corrected chi connectivity index (χ0v) is 13.2. The summed E-state index contributed by atoms with van der Waals surface area (Å²) in [7, 11) is 0. The molecule has 2 rings (SSSR count). The summed E-state index contributed by atoms with van der Waals surface area (Å²) in [5.74, 6) is -1.77. The maximum atomic E-state index is 12.9. The number of anilines is 1. The minimum absolute atomic E-state index is 0.105. The van der Waals surface area contributed by atoms with E-state index in [9.17, 15) is 22.8 Å². The molecule has 5 nitrogen and oxygen atoms in total. The second-order valence-electron chi connectivity index (χ2n) is 5.23. The van der Waals surface area contributed by atoms with E-state index in [-0.39, 0.29) is 10.9 Å². The molecule has 1 fully saturated rings. The Morgan fingerprint density at radius 1 is 1.29 bits per heavy atom. The Labute approximate surface area is 141 Å². The van der Waals surface area contributed by atoms with Crippen LogP contribution in [0.25, 0.3) is 0 Å². The highest BCUT2D eigenvalue weighted by Crippen LogP contribution is 2.36. The van der Waals surface area contributed by atoms with Crippen molar-refractivity contribution < 1.29 is 32.2 Å². The first-order valence-electron chi connectivity index (χ1n) is 7.18. The first-order chi connectivity index (χ1) is 11.3. The van der Waals surface area contributed by atoms with Crippen molar-refractivity contribution in [2.24, 2.45) is 5.92 Å². The van der Waals surface area contributed by atoms with E-state index in [1.807, 2.05) is 0 Å². The highest BCUT2D eigenvalue weighted by atomic mass is 35.5. The number of hydrogen-bond acceptors (Lipinski definition) is 4. The van der Waals surface area contributed by atoms with Gasteiger partial charge in [0.25, 0.3) is 5.91 Å². The first-order valence-corrected chi connectivity index (χ1v) is 7.56. The molecule has 132 valence electrons. The Morgan fingerprint density at radius 3 is 2.58 bits per heavy atom. The van der Waals surface area contributed by atoms with E-state index in [1.165, 1.54) is 6.07 Å². The maximum absolute atomic E-state index is 12.9. The number of carbonyl (C=O) groups is 2. The molecular formula is C15H15ClF3NO4. The quantitative estimate of drug-likeness (QED) is 0.832. The molecule has 0 radical (unpaired) electrons. The lowest BCUT2D eigenvalue weighted by molar-refractivity contribution is -0.154. The molecule has 0 unspecified atom stereocenters. The lowest BCUT2D eigenvalue weighted by atomic mass is 10.0. The molecular weight excluding hydrogens is 351 g/mol. The van der Waals surface area contributed by atoms with Gasteiger partial charge < -0.3 is 14.8 Å². The fourth-order valence-electron chi connectivity index (χ4n) is 2.23. The molecule has 1 aliphatic heterocycles. The molecule has 1 aliphatic rings. The average Bonchev–Trinajstić information content (AvgIpc) is 2.54. The van der Waals surface area contributed by atoms with Crippen LogP contribution in [0.15, 0.2) is 18.2 Å². The van der Waals surface area contributed by atoms with Crippen LogP contribution in [-0.2, 0) is 25.2 Å². The number of ether oxygens (including phenoxy) is 2. The number of amides is 1. The Kier molecular flexibility index (Phi) is 6.06. The van der Waals surface area contributed by atoms with Crippen molar-refractivity contribution in [3.05, 3.63) is 28.8 Å². The van der Waals surface area contributed by atoms with E-state index in [0.717, 1.165) is 6.07 Å². The third kappa shape index (κ3) is 5.10. The van der Waals surface area contributed by atoms with Crippen LogP contribution in [0.3, 0.4) is 0 Å². The van der Waals surface area contributed by atoms with Gasteiger partial charge in [-0.2, -0.15) is 13.2 Å². The molecule has 1 saturated heterocycles. The van der Waals surface area contributed by atoms with Gasteiger partial charge in [-0.1, -0.05) is 11.6 Å². The third-order valence-electron chi connectivity index (χ3n) is 3.46. The summed E-state index contributed by atoms with van der Waals surface area (Å²) in [5.41, 5.74) is -1.52. The van der Waals surface area contributed by atoms with Crippen molar-refractivity contribution in [2.75, 3.05) is 25.1 Å². The van der Waals surface area contributed by atoms with Crippen molar-refractivity contribution in [1.29, 1.82) is 0 Å². The summed E-state index contributed by atoms with van der Waals surface area (Å²) >= 11 is 5.56. The fourth-order valence-corrected chi connectivity index (χ4v) is 2.41.